The van der Waals surface area contributed by atoms with Gasteiger partial charge < -0.3 is 20.9 Å². The highest BCUT2D eigenvalue weighted by Crippen LogP contribution is 2.26. The molecule has 1 heterocycles. The minimum atomic E-state index is -0.929. The fourth-order valence-corrected chi connectivity index (χ4v) is 2.43. The van der Waals surface area contributed by atoms with E-state index < -0.39 is 11.5 Å². The fraction of sp³-hybridized carbons (Fsp3) is 0.818. The Bertz CT molecular complexity index is 325. The molecule has 0 aromatic heterocycles. The average Bonchev–Trinajstić information content (AvgIpc) is 2.88. The van der Waals surface area contributed by atoms with E-state index in [1.807, 2.05) is 0 Å². The van der Waals surface area contributed by atoms with Crippen LogP contribution < -0.4 is 11.1 Å². The Morgan fingerprint density at radius 2 is 2.18 bits per heavy atom. The molecular formula is C11H18N2O4. The van der Waals surface area contributed by atoms with Crippen molar-refractivity contribution in [1.29, 1.82) is 0 Å². The third-order valence-corrected chi connectivity index (χ3v) is 3.62. The lowest BCUT2D eigenvalue weighted by molar-refractivity contribution is -0.141. The molecule has 2 rings (SSSR count). The Morgan fingerprint density at radius 1 is 1.41 bits per heavy atom. The number of nitrogens with two attached hydrogens (primary N) is 1. The van der Waals surface area contributed by atoms with E-state index in [2.05, 4.69) is 5.32 Å². The lowest BCUT2D eigenvalue weighted by Crippen LogP contribution is -2.56. The van der Waals surface area contributed by atoms with Gasteiger partial charge in [-0.2, -0.15) is 0 Å². The van der Waals surface area contributed by atoms with Gasteiger partial charge in [0, 0.05) is 12.6 Å². The first-order valence-corrected chi connectivity index (χ1v) is 5.92. The number of hydrogen-bond acceptors (Lipinski definition) is 4. The van der Waals surface area contributed by atoms with Gasteiger partial charge in [-0.05, 0) is 25.7 Å². The molecule has 6 nitrogen and oxygen atoms in total. The first-order chi connectivity index (χ1) is 8.01. The monoisotopic (exact) mass is 242 g/mol. The predicted octanol–water partition coefficient (Wildman–Crippen LogP) is -0.526. The second kappa shape index (κ2) is 4.62. The minimum Gasteiger partial charge on any atom is -0.481 e. The van der Waals surface area contributed by atoms with Crippen LogP contribution in [-0.4, -0.2) is 41.8 Å². The van der Waals surface area contributed by atoms with Gasteiger partial charge in [0.1, 0.15) is 5.54 Å². The molecule has 0 aromatic rings. The van der Waals surface area contributed by atoms with Gasteiger partial charge in [-0.1, -0.05) is 0 Å². The Morgan fingerprint density at radius 3 is 2.71 bits per heavy atom. The van der Waals surface area contributed by atoms with Gasteiger partial charge in [-0.3, -0.25) is 9.59 Å². The molecule has 1 aliphatic heterocycles. The Hall–Kier alpha value is -1.14. The van der Waals surface area contributed by atoms with Crippen molar-refractivity contribution in [1.82, 2.24) is 5.32 Å². The van der Waals surface area contributed by atoms with Crippen molar-refractivity contribution in [3.05, 3.63) is 0 Å². The van der Waals surface area contributed by atoms with Crippen LogP contribution in [0.5, 0.6) is 0 Å². The molecule has 3 unspecified atom stereocenters. The zero-order chi connectivity index (χ0) is 12.5. The van der Waals surface area contributed by atoms with Crippen LogP contribution in [0.4, 0.5) is 0 Å². The Balaban J connectivity index is 1.86. The molecule has 2 fully saturated rings. The molecule has 17 heavy (non-hydrogen) atoms. The van der Waals surface area contributed by atoms with Gasteiger partial charge in [-0.25, -0.2) is 0 Å². The zero-order valence-electron chi connectivity index (χ0n) is 9.65. The lowest BCUT2D eigenvalue weighted by atomic mass is 9.98. The van der Waals surface area contributed by atoms with Crippen molar-refractivity contribution < 1.29 is 19.4 Å². The second-order valence-electron chi connectivity index (χ2n) is 4.98. The summed E-state index contributed by atoms with van der Waals surface area (Å²) >= 11 is 0. The quantitative estimate of drug-likeness (QED) is 0.617. The van der Waals surface area contributed by atoms with Crippen LogP contribution in [0.3, 0.4) is 0 Å². The SMILES string of the molecule is NC1(C(=O)NC2CCC(C(=O)O)C2)CCOC1. The predicted molar refractivity (Wildman–Crippen MR) is 59.3 cm³/mol. The van der Waals surface area contributed by atoms with Gasteiger partial charge in [0.25, 0.3) is 0 Å². The number of carboxylic acid groups (broad SMARTS) is 1. The molecule has 0 aromatic carbocycles. The lowest BCUT2D eigenvalue weighted by Gasteiger charge is -2.23. The van der Waals surface area contributed by atoms with Gasteiger partial charge in [0.15, 0.2) is 0 Å². The molecule has 1 aliphatic carbocycles. The van der Waals surface area contributed by atoms with Crippen molar-refractivity contribution >= 4 is 11.9 Å². The molecule has 4 N–H and O–H groups in total. The van der Waals surface area contributed by atoms with Crippen molar-refractivity contribution in [2.75, 3.05) is 13.2 Å². The Kier molecular flexibility index (Phi) is 3.35. The highest BCUT2D eigenvalue weighted by atomic mass is 16.5. The van der Waals surface area contributed by atoms with E-state index in [0.717, 1.165) is 0 Å². The highest BCUT2D eigenvalue weighted by molar-refractivity contribution is 5.87. The molecule has 2 aliphatic rings. The van der Waals surface area contributed by atoms with Crippen LogP contribution in [0.2, 0.25) is 0 Å². The van der Waals surface area contributed by atoms with E-state index in [-0.39, 0.29) is 24.5 Å². The van der Waals surface area contributed by atoms with Gasteiger partial charge >= 0.3 is 5.97 Å². The van der Waals surface area contributed by atoms with E-state index in [0.29, 0.717) is 32.3 Å². The second-order valence-corrected chi connectivity index (χ2v) is 4.98. The number of carbonyl (C=O) groups is 2. The molecular weight excluding hydrogens is 224 g/mol. The van der Waals surface area contributed by atoms with Crippen molar-refractivity contribution in [3.63, 3.8) is 0 Å². The van der Waals surface area contributed by atoms with E-state index >= 15 is 0 Å². The molecule has 96 valence electrons. The summed E-state index contributed by atoms with van der Waals surface area (Å²) < 4.78 is 5.13. The average molecular weight is 242 g/mol. The minimum absolute atomic E-state index is 0.0652. The van der Waals surface area contributed by atoms with Crippen LogP contribution >= 0.6 is 0 Å². The van der Waals surface area contributed by atoms with Crippen molar-refractivity contribution in [2.24, 2.45) is 11.7 Å². The largest absolute Gasteiger partial charge is 0.481 e. The summed E-state index contributed by atoms with van der Waals surface area (Å²) in [7, 11) is 0. The number of aliphatic carboxylic acids is 1. The summed E-state index contributed by atoms with van der Waals surface area (Å²) in [5.41, 5.74) is 4.99. The third-order valence-electron chi connectivity index (χ3n) is 3.62. The maximum atomic E-state index is 11.9. The normalized spacial score (nSPS) is 37.0. The molecule has 0 radical (unpaired) electrons. The summed E-state index contributed by atoms with van der Waals surface area (Å²) in [4.78, 5) is 22.7. The number of nitrogens with one attached hydrogen (secondary N) is 1. The number of carboxylic acids is 1. The standard InChI is InChI=1S/C11H18N2O4/c12-11(3-4-17-6-11)10(16)13-8-2-1-7(5-8)9(14)15/h7-8H,1-6,12H2,(H,13,16)(H,14,15). The maximum absolute atomic E-state index is 11.9. The summed E-state index contributed by atoms with van der Waals surface area (Å²) in [6.07, 6.45) is 2.35. The van der Waals surface area contributed by atoms with Crippen molar-refractivity contribution in [2.45, 2.75) is 37.3 Å². The third kappa shape index (κ3) is 2.58. The van der Waals surface area contributed by atoms with Gasteiger partial charge in [-0.15, -0.1) is 0 Å². The molecule has 3 atom stereocenters. The van der Waals surface area contributed by atoms with Crippen LogP contribution in [0.15, 0.2) is 0 Å². The molecule has 1 amide bonds. The number of ether oxygens (including phenoxy) is 1. The topological polar surface area (TPSA) is 102 Å². The summed E-state index contributed by atoms with van der Waals surface area (Å²) in [6.45, 7) is 0.750. The number of hydrogen-bond donors (Lipinski definition) is 3. The number of rotatable bonds is 3. The molecule has 1 saturated carbocycles. The molecule has 0 spiro atoms. The smallest absolute Gasteiger partial charge is 0.306 e. The highest BCUT2D eigenvalue weighted by Gasteiger charge is 2.40. The molecule has 6 heteroatoms. The van der Waals surface area contributed by atoms with Crippen LogP contribution in [0.25, 0.3) is 0 Å². The zero-order valence-corrected chi connectivity index (χ0v) is 9.65. The van der Waals surface area contributed by atoms with Crippen LogP contribution in [0.1, 0.15) is 25.7 Å². The molecule has 0 bridgehead atoms. The number of carbonyl (C=O) groups excluding carboxylic acids is 1. The fourth-order valence-electron chi connectivity index (χ4n) is 2.43. The van der Waals surface area contributed by atoms with E-state index in [1.54, 1.807) is 0 Å². The molecule has 1 saturated heterocycles. The summed E-state index contributed by atoms with van der Waals surface area (Å²) in [6, 6.07) is -0.0652. The number of amides is 1. The van der Waals surface area contributed by atoms with E-state index in [4.69, 9.17) is 15.6 Å². The van der Waals surface area contributed by atoms with Gasteiger partial charge in [0.05, 0.1) is 12.5 Å². The van der Waals surface area contributed by atoms with E-state index in [1.165, 1.54) is 0 Å². The summed E-state index contributed by atoms with van der Waals surface area (Å²) in [5, 5.41) is 11.7. The van der Waals surface area contributed by atoms with Crippen LogP contribution in [0, 0.1) is 5.92 Å². The van der Waals surface area contributed by atoms with Gasteiger partial charge in [0.2, 0.25) is 5.91 Å². The van der Waals surface area contributed by atoms with Crippen molar-refractivity contribution in [3.8, 4) is 0 Å². The van der Waals surface area contributed by atoms with E-state index in [9.17, 15) is 9.59 Å². The summed E-state index contributed by atoms with van der Waals surface area (Å²) in [5.74, 6) is -1.34. The van der Waals surface area contributed by atoms with Crippen LogP contribution in [-0.2, 0) is 14.3 Å². The maximum Gasteiger partial charge on any atom is 0.306 e. The Labute approximate surface area is 99.5 Å². The first kappa shape index (κ1) is 12.3. The first-order valence-electron chi connectivity index (χ1n) is 5.92.